The number of nitrogens with zero attached hydrogens (tertiary/aromatic N) is 1. The van der Waals surface area contributed by atoms with E-state index < -0.39 is 0 Å². The fourth-order valence-corrected chi connectivity index (χ4v) is 3.32. The Balaban J connectivity index is 0.00000289. The SMILES string of the molecule is CSCCC(N)C(=O)N1CCCCC(SC)C1.Cl. The minimum absolute atomic E-state index is 0. The second kappa shape index (κ2) is 10.2. The molecule has 1 aliphatic rings. The van der Waals surface area contributed by atoms with Crippen LogP contribution in [0.1, 0.15) is 25.7 Å². The Hall–Kier alpha value is 0.420. The molecule has 1 amide bonds. The van der Waals surface area contributed by atoms with E-state index >= 15 is 0 Å². The molecule has 0 saturated carbocycles. The van der Waals surface area contributed by atoms with Crippen LogP contribution in [-0.2, 0) is 4.79 Å². The van der Waals surface area contributed by atoms with Crippen LogP contribution in [0.3, 0.4) is 0 Å². The fourth-order valence-electron chi connectivity index (χ4n) is 2.10. The molecule has 3 nitrogen and oxygen atoms in total. The van der Waals surface area contributed by atoms with Crippen molar-refractivity contribution in [3.05, 3.63) is 0 Å². The fraction of sp³-hybridized carbons (Fsp3) is 0.917. The van der Waals surface area contributed by atoms with Gasteiger partial charge in [-0.25, -0.2) is 0 Å². The zero-order valence-electron chi connectivity index (χ0n) is 11.3. The van der Waals surface area contributed by atoms with Gasteiger partial charge in [0.2, 0.25) is 5.91 Å². The average molecular weight is 313 g/mol. The highest BCUT2D eigenvalue weighted by Gasteiger charge is 2.24. The number of hydrogen-bond donors (Lipinski definition) is 1. The summed E-state index contributed by atoms with van der Waals surface area (Å²) in [6.07, 6.45) is 8.55. The zero-order valence-corrected chi connectivity index (χ0v) is 13.7. The number of carbonyl (C=O) groups excluding carboxylic acids is 1. The number of nitrogens with two attached hydrogens (primary N) is 1. The van der Waals surface area contributed by atoms with Crippen molar-refractivity contribution < 1.29 is 4.79 Å². The van der Waals surface area contributed by atoms with E-state index in [1.54, 1.807) is 11.8 Å². The summed E-state index contributed by atoms with van der Waals surface area (Å²) in [5.41, 5.74) is 5.96. The lowest BCUT2D eigenvalue weighted by atomic mass is 10.2. The Morgan fingerprint density at radius 3 is 2.78 bits per heavy atom. The summed E-state index contributed by atoms with van der Waals surface area (Å²) in [5.74, 6) is 1.12. The van der Waals surface area contributed by atoms with Gasteiger partial charge in [0.15, 0.2) is 0 Å². The molecule has 0 aromatic rings. The minimum atomic E-state index is -0.303. The van der Waals surface area contributed by atoms with Gasteiger partial charge in [0.25, 0.3) is 0 Å². The highest BCUT2D eigenvalue weighted by atomic mass is 35.5. The molecule has 0 radical (unpaired) electrons. The van der Waals surface area contributed by atoms with Gasteiger partial charge in [0, 0.05) is 18.3 Å². The third kappa shape index (κ3) is 6.04. The predicted molar refractivity (Wildman–Crippen MR) is 86.0 cm³/mol. The molecule has 0 aliphatic carbocycles. The second-order valence-corrected chi connectivity index (χ2v) is 6.65. The molecule has 6 heteroatoms. The maximum Gasteiger partial charge on any atom is 0.239 e. The van der Waals surface area contributed by atoms with E-state index in [1.807, 2.05) is 22.9 Å². The van der Waals surface area contributed by atoms with Gasteiger partial charge in [-0.2, -0.15) is 23.5 Å². The molecule has 0 aromatic heterocycles. The first-order valence-corrected chi connectivity index (χ1v) is 8.93. The Morgan fingerprint density at radius 2 is 2.17 bits per heavy atom. The van der Waals surface area contributed by atoms with E-state index in [0.717, 1.165) is 31.7 Å². The summed E-state index contributed by atoms with van der Waals surface area (Å²) in [6, 6.07) is -0.303. The van der Waals surface area contributed by atoms with E-state index in [-0.39, 0.29) is 24.4 Å². The van der Waals surface area contributed by atoms with Crippen LogP contribution in [0.5, 0.6) is 0 Å². The van der Waals surface area contributed by atoms with Crippen molar-refractivity contribution in [3.8, 4) is 0 Å². The molecule has 18 heavy (non-hydrogen) atoms. The van der Waals surface area contributed by atoms with Crippen molar-refractivity contribution in [2.75, 3.05) is 31.4 Å². The number of halogens is 1. The van der Waals surface area contributed by atoms with Gasteiger partial charge in [0.1, 0.15) is 0 Å². The first kappa shape index (κ1) is 18.4. The number of hydrogen-bond acceptors (Lipinski definition) is 4. The molecule has 1 aliphatic heterocycles. The number of rotatable bonds is 5. The molecular weight excluding hydrogens is 288 g/mol. The molecule has 108 valence electrons. The topological polar surface area (TPSA) is 46.3 Å². The largest absolute Gasteiger partial charge is 0.340 e. The lowest BCUT2D eigenvalue weighted by Gasteiger charge is -2.26. The molecule has 1 heterocycles. The van der Waals surface area contributed by atoms with Crippen molar-refractivity contribution in [2.45, 2.75) is 37.0 Å². The van der Waals surface area contributed by atoms with Crippen LogP contribution in [0.15, 0.2) is 0 Å². The molecule has 0 aromatic carbocycles. The van der Waals surface area contributed by atoms with Crippen molar-refractivity contribution in [3.63, 3.8) is 0 Å². The monoisotopic (exact) mass is 312 g/mol. The van der Waals surface area contributed by atoms with Crippen LogP contribution in [0.2, 0.25) is 0 Å². The summed E-state index contributed by atoms with van der Waals surface area (Å²) < 4.78 is 0. The van der Waals surface area contributed by atoms with Crippen LogP contribution in [0.25, 0.3) is 0 Å². The molecule has 1 fully saturated rings. The Bertz CT molecular complexity index is 244. The molecular formula is C12H25ClN2OS2. The smallest absolute Gasteiger partial charge is 0.239 e. The number of likely N-dealkylation sites (tertiary alicyclic amines) is 1. The molecule has 2 atom stereocenters. The van der Waals surface area contributed by atoms with Gasteiger partial charge in [-0.05, 0) is 37.5 Å². The third-order valence-corrected chi connectivity index (χ3v) is 4.92. The van der Waals surface area contributed by atoms with E-state index in [9.17, 15) is 4.79 Å². The quantitative estimate of drug-likeness (QED) is 0.845. The Morgan fingerprint density at radius 1 is 1.44 bits per heavy atom. The van der Waals surface area contributed by atoms with Gasteiger partial charge < -0.3 is 10.6 Å². The van der Waals surface area contributed by atoms with Crippen LogP contribution < -0.4 is 5.73 Å². The molecule has 1 rings (SSSR count). The van der Waals surface area contributed by atoms with Gasteiger partial charge in [0.05, 0.1) is 6.04 Å². The Kier molecular flexibility index (Phi) is 10.5. The van der Waals surface area contributed by atoms with E-state index in [2.05, 4.69) is 6.26 Å². The lowest BCUT2D eigenvalue weighted by molar-refractivity contribution is -0.132. The van der Waals surface area contributed by atoms with Crippen molar-refractivity contribution in [1.82, 2.24) is 4.90 Å². The number of thioether (sulfide) groups is 2. The minimum Gasteiger partial charge on any atom is -0.340 e. The van der Waals surface area contributed by atoms with Crippen LogP contribution >= 0.6 is 35.9 Å². The first-order valence-electron chi connectivity index (χ1n) is 6.25. The highest BCUT2D eigenvalue weighted by Crippen LogP contribution is 2.20. The molecule has 0 spiro atoms. The second-order valence-electron chi connectivity index (χ2n) is 4.53. The maximum absolute atomic E-state index is 12.2. The maximum atomic E-state index is 12.2. The lowest BCUT2D eigenvalue weighted by Crippen LogP contribution is -2.46. The summed E-state index contributed by atoms with van der Waals surface area (Å²) in [6.45, 7) is 1.77. The van der Waals surface area contributed by atoms with Crippen LogP contribution in [-0.4, -0.2) is 53.5 Å². The number of amides is 1. The van der Waals surface area contributed by atoms with Gasteiger partial charge >= 0.3 is 0 Å². The average Bonchev–Trinajstić information content (AvgIpc) is 2.60. The van der Waals surface area contributed by atoms with Gasteiger partial charge in [-0.1, -0.05) is 6.42 Å². The van der Waals surface area contributed by atoms with Crippen LogP contribution in [0.4, 0.5) is 0 Å². The molecule has 0 bridgehead atoms. The molecule has 2 unspecified atom stereocenters. The van der Waals surface area contributed by atoms with Crippen LogP contribution in [0, 0.1) is 0 Å². The van der Waals surface area contributed by atoms with E-state index in [0.29, 0.717) is 5.25 Å². The van der Waals surface area contributed by atoms with Gasteiger partial charge in [-0.15, -0.1) is 12.4 Å². The highest BCUT2D eigenvalue weighted by molar-refractivity contribution is 7.99. The Labute approximate surface area is 125 Å². The van der Waals surface area contributed by atoms with E-state index in [1.165, 1.54) is 12.8 Å². The normalized spacial score (nSPS) is 21.9. The summed E-state index contributed by atoms with van der Waals surface area (Å²) in [4.78, 5) is 14.2. The molecule has 2 N–H and O–H groups in total. The molecule has 1 saturated heterocycles. The van der Waals surface area contributed by atoms with Crippen molar-refractivity contribution in [2.24, 2.45) is 5.73 Å². The summed E-state index contributed by atoms with van der Waals surface area (Å²) in [7, 11) is 0. The first-order chi connectivity index (χ1) is 8.19. The van der Waals surface area contributed by atoms with Crippen molar-refractivity contribution in [1.29, 1.82) is 0 Å². The van der Waals surface area contributed by atoms with E-state index in [4.69, 9.17) is 5.73 Å². The zero-order chi connectivity index (χ0) is 12.7. The standard InChI is InChI=1S/C12H24N2OS2.ClH/c1-16-8-6-11(13)12(15)14-7-4-3-5-10(9-14)17-2;/h10-11H,3-9,13H2,1-2H3;1H. The third-order valence-electron chi connectivity index (χ3n) is 3.22. The van der Waals surface area contributed by atoms with Crippen molar-refractivity contribution >= 4 is 41.8 Å². The summed E-state index contributed by atoms with van der Waals surface area (Å²) >= 11 is 3.62. The number of carbonyl (C=O) groups is 1. The predicted octanol–water partition coefficient (Wildman–Crippen LogP) is 2.23. The summed E-state index contributed by atoms with van der Waals surface area (Å²) in [5, 5.41) is 0.592. The van der Waals surface area contributed by atoms with Gasteiger partial charge in [-0.3, -0.25) is 4.79 Å².